The highest BCUT2D eigenvalue weighted by molar-refractivity contribution is 7.49. The highest BCUT2D eigenvalue weighted by Gasteiger charge is 2.31. The van der Waals surface area contributed by atoms with Crippen LogP contribution in [0, 0.1) is 5.92 Å². The summed E-state index contributed by atoms with van der Waals surface area (Å²) in [7, 11) is -4.64. The number of phenols is 1. The maximum absolute atomic E-state index is 12.6. The number of carbonyl (C=O) groups excluding carboxylic acids is 2. The lowest BCUT2D eigenvalue weighted by atomic mass is 9.85. The number of hydrogen-bond acceptors (Lipinski definition) is 4. The number of nitrogens with one attached hydrogen (secondary N) is 1. The monoisotopic (exact) mass is 337 g/mol. The Hall–Kier alpha value is -2.21. The highest BCUT2D eigenvalue weighted by Crippen LogP contribution is 2.35. The second kappa shape index (κ2) is 6.50. The Morgan fingerprint density at radius 1 is 1.35 bits per heavy atom. The zero-order chi connectivity index (χ0) is 17.2. The smallest absolute Gasteiger partial charge is 0.427 e. The minimum Gasteiger partial charge on any atom is -0.508 e. The van der Waals surface area contributed by atoms with E-state index in [-0.39, 0.29) is 17.2 Å². The van der Waals surface area contributed by atoms with E-state index in [9.17, 15) is 19.3 Å². The molecule has 2 atom stereocenters. The van der Waals surface area contributed by atoms with Gasteiger partial charge in [0.25, 0.3) is 0 Å². The van der Waals surface area contributed by atoms with Gasteiger partial charge in [-0.25, -0.2) is 4.57 Å². The topological polar surface area (TPSA) is 124 Å². The number of benzene rings is 1. The molecule has 0 aliphatic heterocycles. The normalized spacial score (nSPS) is 19.2. The quantitative estimate of drug-likeness (QED) is 0.598. The molecule has 1 aromatic rings. The number of phenolic OH excluding ortho intramolecular Hbond substituents is 1. The average molecular weight is 337 g/mol. The van der Waals surface area contributed by atoms with Gasteiger partial charge in [0, 0.05) is 17.7 Å². The van der Waals surface area contributed by atoms with Gasteiger partial charge in [-0.3, -0.25) is 14.7 Å². The summed E-state index contributed by atoms with van der Waals surface area (Å²) >= 11 is 0. The van der Waals surface area contributed by atoms with Gasteiger partial charge in [0.15, 0.2) is 11.6 Å². The van der Waals surface area contributed by atoms with E-state index >= 15 is 0 Å². The minimum atomic E-state index is -4.64. The summed E-state index contributed by atoms with van der Waals surface area (Å²) in [5, 5.41) is 11.4. The number of Topliss-reactive ketones (excluding diaryl/α,β-unsaturated/α-hetero) is 1. The van der Waals surface area contributed by atoms with Crippen molar-refractivity contribution in [2.75, 3.05) is 0 Å². The molecule has 4 N–H and O–H groups in total. The largest absolute Gasteiger partial charge is 0.508 e. The average Bonchev–Trinajstić information content (AvgIpc) is 2.44. The summed E-state index contributed by atoms with van der Waals surface area (Å²) in [4.78, 5) is 42.1. The Labute approximate surface area is 132 Å². The van der Waals surface area contributed by atoms with Gasteiger partial charge in [0.2, 0.25) is 0 Å². The predicted octanol–water partition coefficient (Wildman–Crippen LogP) is 1.39. The van der Waals surface area contributed by atoms with Crippen LogP contribution >= 0.6 is 7.75 Å². The number of aromatic hydroxyl groups is 1. The molecule has 0 spiro atoms. The van der Waals surface area contributed by atoms with Crippen LogP contribution in [0.25, 0.3) is 0 Å². The van der Waals surface area contributed by atoms with Crippen LogP contribution in [0.5, 0.6) is 5.75 Å². The molecule has 7 nitrogen and oxygen atoms in total. The number of allylic oxidation sites excluding steroid dienone is 3. The fraction of sp³-hybridized carbons (Fsp3) is 0.200. The van der Waals surface area contributed by atoms with E-state index in [4.69, 9.17) is 9.79 Å². The lowest BCUT2D eigenvalue weighted by Gasteiger charge is -2.23. The maximum Gasteiger partial charge on any atom is 0.427 e. The molecule has 0 heterocycles. The van der Waals surface area contributed by atoms with E-state index in [1.54, 1.807) is 19.1 Å². The van der Waals surface area contributed by atoms with Gasteiger partial charge in [-0.1, -0.05) is 25.1 Å². The van der Waals surface area contributed by atoms with Crippen molar-refractivity contribution in [1.82, 2.24) is 5.09 Å². The molecule has 1 aliphatic carbocycles. The molecule has 2 unspecified atom stereocenters. The van der Waals surface area contributed by atoms with E-state index in [0.29, 0.717) is 5.56 Å². The summed E-state index contributed by atoms with van der Waals surface area (Å²) in [6.07, 6.45) is 3.49. The van der Waals surface area contributed by atoms with E-state index in [1.807, 2.05) is 5.09 Å². The first-order valence-electron chi connectivity index (χ1n) is 6.77. The van der Waals surface area contributed by atoms with Gasteiger partial charge >= 0.3 is 7.75 Å². The van der Waals surface area contributed by atoms with Crippen molar-refractivity contribution >= 4 is 19.3 Å². The second-order valence-corrected chi connectivity index (χ2v) is 6.53. The van der Waals surface area contributed by atoms with Crippen LogP contribution in [0.15, 0.2) is 48.2 Å². The molecular formula is C15H16NO6P. The minimum absolute atomic E-state index is 0.0145. The Morgan fingerprint density at radius 3 is 2.65 bits per heavy atom. The van der Waals surface area contributed by atoms with Crippen molar-refractivity contribution in [3.63, 3.8) is 0 Å². The van der Waals surface area contributed by atoms with Crippen LogP contribution in [0.3, 0.4) is 0 Å². The zero-order valence-electron chi connectivity index (χ0n) is 12.2. The Morgan fingerprint density at radius 2 is 2.04 bits per heavy atom. The van der Waals surface area contributed by atoms with E-state index < -0.39 is 25.4 Å². The van der Waals surface area contributed by atoms with Crippen molar-refractivity contribution in [3.8, 4) is 5.75 Å². The predicted molar refractivity (Wildman–Crippen MR) is 82.4 cm³/mol. The number of carbonyl (C=O) groups is 2. The summed E-state index contributed by atoms with van der Waals surface area (Å²) in [6.45, 7) is 1.62. The van der Waals surface area contributed by atoms with Crippen LogP contribution in [0.4, 0.5) is 0 Å². The van der Waals surface area contributed by atoms with E-state index in [0.717, 1.165) is 6.08 Å². The molecule has 0 bridgehead atoms. The first-order valence-corrected chi connectivity index (χ1v) is 8.39. The third-order valence-electron chi connectivity index (χ3n) is 3.46. The molecule has 0 aromatic heterocycles. The molecule has 0 radical (unpaired) electrons. The lowest BCUT2D eigenvalue weighted by Crippen LogP contribution is -2.29. The van der Waals surface area contributed by atoms with Gasteiger partial charge in [0.05, 0.1) is 5.92 Å². The third-order valence-corrected chi connectivity index (χ3v) is 4.01. The first kappa shape index (κ1) is 17.1. The summed E-state index contributed by atoms with van der Waals surface area (Å²) in [5.41, 5.74) is 0.429. The van der Waals surface area contributed by atoms with E-state index in [2.05, 4.69) is 0 Å². The molecule has 8 heteroatoms. The Bertz CT molecular complexity index is 748. The molecule has 1 aromatic carbocycles. The van der Waals surface area contributed by atoms with Gasteiger partial charge in [-0.2, -0.15) is 0 Å². The number of rotatable bonds is 5. The van der Waals surface area contributed by atoms with Gasteiger partial charge in [-0.15, -0.1) is 0 Å². The molecular weight excluding hydrogens is 321 g/mol. The molecule has 0 fully saturated rings. The molecule has 1 aliphatic rings. The Balaban J connectivity index is 2.29. The van der Waals surface area contributed by atoms with Gasteiger partial charge in [-0.05, 0) is 23.8 Å². The number of hydrogen-bond donors (Lipinski definition) is 4. The second-order valence-electron chi connectivity index (χ2n) is 5.21. The molecule has 0 saturated heterocycles. The van der Waals surface area contributed by atoms with Gasteiger partial charge < -0.3 is 14.9 Å². The van der Waals surface area contributed by atoms with Crippen LogP contribution in [0.1, 0.15) is 18.4 Å². The van der Waals surface area contributed by atoms with Gasteiger partial charge in [0.1, 0.15) is 5.75 Å². The maximum atomic E-state index is 12.6. The zero-order valence-corrected chi connectivity index (χ0v) is 13.1. The fourth-order valence-electron chi connectivity index (χ4n) is 2.33. The van der Waals surface area contributed by atoms with Crippen molar-refractivity contribution in [1.29, 1.82) is 0 Å². The lowest BCUT2D eigenvalue weighted by molar-refractivity contribution is -0.121. The summed E-state index contributed by atoms with van der Waals surface area (Å²) in [5.74, 6) is -2.41. The molecule has 0 saturated carbocycles. The van der Waals surface area contributed by atoms with Crippen LogP contribution in [-0.4, -0.2) is 26.5 Å². The highest BCUT2D eigenvalue weighted by atomic mass is 31.2. The number of ketones is 2. The van der Waals surface area contributed by atoms with Crippen molar-refractivity contribution < 1.29 is 29.0 Å². The molecule has 0 amide bonds. The Kier molecular flexibility index (Phi) is 4.85. The van der Waals surface area contributed by atoms with Crippen LogP contribution < -0.4 is 5.09 Å². The molecule has 122 valence electrons. The van der Waals surface area contributed by atoms with Crippen molar-refractivity contribution in [3.05, 3.63) is 53.8 Å². The molecule has 2 rings (SSSR count). The van der Waals surface area contributed by atoms with Crippen molar-refractivity contribution in [2.24, 2.45) is 5.92 Å². The van der Waals surface area contributed by atoms with Crippen LogP contribution in [0.2, 0.25) is 0 Å². The fourth-order valence-corrected chi connectivity index (χ4v) is 2.87. The van der Waals surface area contributed by atoms with Crippen molar-refractivity contribution in [2.45, 2.75) is 12.8 Å². The third kappa shape index (κ3) is 4.39. The van der Waals surface area contributed by atoms with E-state index in [1.165, 1.54) is 24.3 Å². The summed E-state index contributed by atoms with van der Waals surface area (Å²) < 4.78 is 11.1. The first-order chi connectivity index (χ1) is 10.7. The SMILES string of the molecule is CC(C(=O)C1C=CC(=O)C=C1NP(=O)(O)O)c1cccc(O)c1. The standard InChI is InChI=1S/C15H16NO6P/c1-9(10-3-2-4-11(17)7-10)15(19)13-6-5-12(18)8-14(13)16-23(20,21)22/h2-9,13,17H,1H3,(H3,16,20,21,22). The van der Waals surface area contributed by atoms with Crippen LogP contribution in [-0.2, 0) is 14.2 Å². The molecule has 23 heavy (non-hydrogen) atoms. The summed E-state index contributed by atoms with van der Waals surface area (Å²) in [6, 6.07) is 6.18.